The molecule has 0 N–H and O–H groups in total. The largest absolute Gasteiger partial charge is 0.179 e. The fourth-order valence-corrected chi connectivity index (χ4v) is 1.58. The molecular formula is C10H13ClS. The van der Waals surface area contributed by atoms with Crippen LogP contribution in [0, 0.1) is 0 Å². The van der Waals surface area contributed by atoms with E-state index < -0.39 is 0 Å². The van der Waals surface area contributed by atoms with Gasteiger partial charge in [-0.1, -0.05) is 29.8 Å². The Morgan fingerprint density at radius 3 is 2.58 bits per heavy atom. The van der Waals surface area contributed by atoms with Crippen molar-refractivity contribution in [2.24, 2.45) is 0 Å². The van der Waals surface area contributed by atoms with Gasteiger partial charge in [-0.15, -0.1) is 0 Å². The normalized spacial score (nSPS) is 10.2. The highest BCUT2D eigenvalue weighted by atomic mass is 35.5. The van der Waals surface area contributed by atoms with Crippen LogP contribution in [0.3, 0.4) is 0 Å². The topological polar surface area (TPSA) is 0 Å². The van der Waals surface area contributed by atoms with E-state index in [1.165, 1.54) is 12.0 Å². The molecule has 0 saturated heterocycles. The van der Waals surface area contributed by atoms with E-state index in [0.717, 1.165) is 23.6 Å². The van der Waals surface area contributed by atoms with Crippen LogP contribution in [0.5, 0.6) is 0 Å². The molecule has 0 bridgehead atoms. The van der Waals surface area contributed by atoms with Crippen molar-refractivity contribution in [3.63, 3.8) is 0 Å². The van der Waals surface area contributed by atoms with Gasteiger partial charge in [0, 0.05) is 5.02 Å². The van der Waals surface area contributed by atoms with E-state index in [2.05, 4.69) is 18.7 Å². The van der Waals surface area contributed by atoms with E-state index in [4.69, 9.17) is 11.6 Å². The third-order valence-corrected chi connectivity index (χ3v) is 2.50. The lowest BCUT2D eigenvalue weighted by molar-refractivity contribution is 0.804. The molecule has 1 aromatic carbocycles. The summed E-state index contributed by atoms with van der Waals surface area (Å²) in [6.07, 6.45) is 3.40. The molecule has 0 amide bonds. The van der Waals surface area contributed by atoms with Crippen molar-refractivity contribution in [3.05, 3.63) is 34.9 Å². The first kappa shape index (κ1) is 9.94. The minimum Gasteiger partial charge on any atom is -0.179 e. The lowest BCUT2D eigenvalue weighted by Crippen LogP contribution is -1.86. The van der Waals surface area contributed by atoms with Gasteiger partial charge in [-0.25, -0.2) is 0 Å². The van der Waals surface area contributed by atoms with Crippen LogP contribution in [0.2, 0.25) is 5.02 Å². The highest BCUT2D eigenvalue weighted by molar-refractivity contribution is 7.80. The zero-order valence-corrected chi connectivity index (χ0v) is 8.61. The Kier molecular flexibility index (Phi) is 4.55. The molecule has 0 saturated carbocycles. The summed E-state index contributed by atoms with van der Waals surface area (Å²) in [6.45, 7) is 0. The molecular weight excluding hydrogens is 188 g/mol. The molecule has 0 fully saturated rings. The Morgan fingerprint density at radius 2 is 1.92 bits per heavy atom. The van der Waals surface area contributed by atoms with Crippen LogP contribution in [0.15, 0.2) is 24.3 Å². The molecule has 1 rings (SSSR count). The average molecular weight is 201 g/mol. The summed E-state index contributed by atoms with van der Waals surface area (Å²) in [4.78, 5) is 0. The zero-order chi connectivity index (χ0) is 8.81. The summed E-state index contributed by atoms with van der Waals surface area (Å²) < 4.78 is 0. The smallest absolute Gasteiger partial charge is 0.0437 e. The van der Waals surface area contributed by atoms with Gasteiger partial charge in [0.05, 0.1) is 0 Å². The van der Waals surface area contributed by atoms with Crippen LogP contribution < -0.4 is 0 Å². The van der Waals surface area contributed by atoms with Crippen molar-refractivity contribution < 1.29 is 0 Å². The van der Waals surface area contributed by atoms with E-state index in [0.29, 0.717) is 0 Å². The molecule has 0 unspecified atom stereocenters. The van der Waals surface area contributed by atoms with Crippen molar-refractivity contribution in [3.8, 4) is 0 Å². The second-order valence-electron chi connectivity index (χ2n) is 2.77. The molecule has 1 aromatic rings. The number of hydrogen-bond acceptors (Lipinski definition) is 1. The quantitative estimate of drug-likeness (QED) is 0.558. The van der Waals surface area contributed by atoms with Gasteiger partial charge in [0.2, 0.25) is 0 Å². The highest BCUT2D eigenvalue weighted by Crippen LogP contribution is 2.16. The minimum atomic E-state index is 0.886. The van der Waals surface area contributed by atoms with Crippen molar-refractivity contribution in [2.45, 2.75) is 19.3 Å². The molecule has 2 heteroatoms. The molecule has 0 aliphatic rings. The third-order valence-electron chi connectivity index (χ3n) is 1.81. The summed E-state index contributed by atoms with van der Waals surface area (Å²) in [5.74, 6) is 0.963. The fraction of sp³-hybridized carbons (Fsp3) is 0.400. The Hall–Kier alpha value is -0.140. The molecule has 0 aliphatic heterocycles. The first-order valence-electron chi connectivity index (χ1n) is 4.19. The second kappa shape index (κ2) is 5.50. The van der Waals surface area contributed by atoms with Gasteiger partial charge in [-0.3, -0.25) is 0 Å². The zero-order valence-electron chi connectivity index (χ0n) is 6.96. The molecule has 0 atom stereocenters. The highest BCUT2D eigenvalue weighted by Gasteiger charge is 1.97. The maximum absolute atomic E-state index is 5.98. The molecule has 0 radical (unpaired) electrons. The number of hydrogen-bond donors (Lipinski definition) is 1. The standard InChI is InChI=1S/C10H13ClS/c11-10-7-2-1-5-9(10)6-3-4-8-12/h1-2,5,7,12H,3-4,6,8H2. The van der Waals surface area contributed by atoms with Crippen LogP contribution >= 0.6 is 24.2 Å². The molecule has 0 heterocycles. The first-order chi connectivity index (χ1) is 5.84. The van der Waals surface area contributed by atoms with Gasteiger partial charge >= 0.3 is 0 Å². The SMILES string of the molecule is SCCCCc1ccccc1Cl. The van der Waals surface area contributed by atoms with Crippen LogP contribution in [0.25, 0.3) is 0 Å². The lowest BCUT2D eigenvalue weighted by atomic mass is 10.1. The van der Waals surface area contributed by atoms with Gasteiger partial charge in [-0.2, -0.15) is 12.6 Å². The van der Waals surface area contributed by atoms with Crippen molar-refractivity contribution in [1.82, 2.24) is 0 Å². The number of benzene rings is 1. The number of halogens is 1. The van der Waals surface area contributed by atoms with Gasteiger partial charge in [0.15, 0.2) is 0 Å². The van der Waals surface area contributed by atoms with Crippen molar-refractivity contribution >= 4 is 24.2 Å². The molecule has 0 nitrogen and oxygen atoms in total. The van der Waals surface area contributed by atoms with Crippen molar-refractivity contribution in [2.75, 3.05) is 5.75 Å². The van der Waals surface area contributed by atoms with Crippen LogP contribution in [-0.4, -0.2) is 5.75 Å². The van der Waals surface area contributed by atoms with E-state index in [1.54, 1.807) is 0 Å². The average Bonchev–Trinajstić information content (AvgIpc) is 2.09. The Balaban J connectivity index is 2.46. The third kappa shape index (κ3) is 3.08. The molecule has 66 valence electrons. The number of aryl methyl sites for hydroxylation is 1. The Bertz CT molecular complexity index is 235. The fourth-order valence-electron chi connectivity index (χ4n) is 1.13. The maximum atomic E-state index is 5.98. The summed E-state index contributed by atoms with van der Waals surface area (Å²) in [5.41, 5.74) is 1.25. The van der Waals surface area contributed by atoms with Crippen LogP contribution in [-0.2, 0) is 6.42 Å². The summed E-state index contributed by atoms with van der Waals surface area (Å²) in [6, 6.07) is 8.02. The lowest BCUT2D eigenvalue weighted by Gasteiger charge is -2.01. The van der Waals surface area contributed by atoms with E-state index in [-0.39, 0.29) is 0 Å². The number of rotatable bonds is 4. The predicted octanol–water partition coefficient (Wildman–Crippen LogP) is 3.59. The second-order valence-corrected chi connectivity index (χ2v) is 3.63. The van der Waals surface area contributed by atoms with E-state index in [1.807, 2.05) is 18.2 Å². The summed E-state index contributed by atoms with van der Waals surface area (Å²) in [7, 11) is 0. The van der Waals surface area contributed by atoms with Gasteiger partial charge in [-0.05, 0) is 36.6 Å². The van der Waals surface area contributed by atoms with Crippen LogP contribution in [0.1, 0.15) is 18.4 Å². The molecule has 0 spiro atoms. The van der Waals surface area contributed by atoms with E-state index in [9.17, 15) is 0 Å². The predicted molar refractivity (Wildman–Crippen MR) is 58.2 cm³/mol. The maximum Gasteiger partial charge on any atom is 0.0437 e. The Morgan fingerprint density at radius 1 is 1.17 bits per heavy atom. The Labute approximate surface area is 84.3 Å². The minimum absolute atomic E-state index is 0.886. The van der Waals surface area contributed by atoms with Gasteiger partial charge in [0.1, 0.15) is 0 Å². The van der Waals surface area contributed by atoms with Crippen LogP contribution in [0.4, 0.5) is 0 Å². The molecule has 0 aliphatic carbocycles. The molecule has 0 aromatic heterocycles. The van der Waals surface area contributed by atoms with Gasteiger partial charge < -0.3 is 0 Å². The molecule has 12 heavy (non-hydrogen) atoms. The summed E-state index contributed by atoms with van der Waals surface area (Å²) >= 11 is 10.1. The number of unbranched alkanes of at least 4 members (excludes halogenated alkanes) is 1. The first-order valence-corrected chi connectivity index (χ1v) is 5.20. The van der Waals surface area contributed by atoms with Gasteiger partial charge in [0.25, 0.3) is 0 Å². The van der Waals surface area contributed by atoms with E-state index >= 15 is 0 Å². The monoisotopic (exact) mass is 200 g/mol. The van der Waals surface area contributed by atoms with Crippen molar-refractivity contribution in [1.29, 1.82) is 0 Å². The summed E-state index contributed by atoms with van der Waals surface area (Å²) in [5, 5.41) is 0.886. The number of thiol groups is 1.